The molecular formula is C12H8Br3FS. The van der Waals surface area contributed by atoms with Crippen molar-refractivity contribution >= 4 is 59.1 Å². The number of thiophene rings is 1. The van der Waals surface area contributed by atoms with Crippen LogP contribution < -0.4 is 0 Å². The van der Waals surface area contributed by atoms with Crippen LogP contribution in [0.5, 0.6) is 0 Å². The van der Waals surface area contributed by atoms with Crippen LogP contribution in [0, 0.1) is 12.7 Å². The van der Waals surface area contributed by atoms with E-state index in [0.29, 0.717) is 4.47 Å². The molecular weight excluding hydrogens is 435 g/mol. The van der Waals surface area contributed by atoms with Crippen molar-refractivity contribution in [3.63, 3.8) is 0 Å². The van der Waals surface area contributed by atoms with Gasteiger partial charge in [-0.2, -0.15) is 0 Å². The van der Waals surface area contributed by atoms with Crippen molar-refractivity contribution in [2.24, 2.45) is 0 Å². The first kappa shape index (κ1) is 13.7. The Morgan fingerprint density at radius 2 is 2.00 bits per heavy atom. The first-order valence-electron chi connectivity index (χ1n) is 4.84. The summed E-state index contributed by atoms with van der Waals surface area (Å²) in [6.07, 6.45) is 0. The molecule has 1 atom stereocenters. The molecule has 1 aromatic carbocycles. The number of benzene rings is 1. The molecule has 1 aromatic heterocycles. The highest BCUT2D eigenvalue weighted by Crippen LogP contribution is 2.41. The van der Waals surface area contributed by atoms with Crippen LogP contribution in [-0.4, -0.2) is 0 Å². The summed E-state index contributed by atoms with van der Waals surface area (Å²) in [5.74, 6) is -0.237. The predicted octanol–water partition coefficient (Wildman–Crippen LogP) is 6.20. The van der Waals surface area contributed by atoms with Gasteiger partial charge in [0.15, 0.2) is 0 Å². The van der Waals surface area contributed by atoms with E-state index < -0.39 is 0 Å². The van der Waals surface area contributed by atoms with Gasteiger partial charge in [0, 0.05) is 4.88 Å². The maximum absolute atomic E-state index is 13.5. The minimum atomic E-state index is -0.237. The van der Waals surface area contributed by atoms with Crippen molar-refractivity contribution < 1.29 is 4.39 Å². The van der Waals surface area contributed by atoms with Crippen molar-refractivity contribution in [1.82, 2.24) is 0 Å². The lowest BCUT2D eigenvalue weighted by Crippen LogP contribution is -1.93. The molecule has 17 heavy (non-hydrogen) atoms. The van der Waals surface area contributed by atoms with Gasteiger partial charge in [0.05, 0.1) is 13.1 Å². The fraction of sp³-hybridized carbons (Fsp3) is 0.167. The largest absolute Gasteiger partial charge is 0.206 e. The second-order valence-corrected chi connectivity index (χ2v) is 7.72. The van der Waals surface area contributed by atoms with E-state index in [1.807, 2.05) is 13.0 Å². The zero-order valence-corrected chi connectivity index (χ0v) is 14.4. The van der Waals surface area contributed by atoms with Gasteiger partial charge in [0.1, 0.15) is 5.82 Å². The molecule has 5 heteroatoms. The van der Waals surface area contributed by atoms with Crippen molar-refractivity contribution in [1.29, 1.82) is 0 Å². The van der Waals surface area contributed by atoms with Crippen LogP contribution >= 0.6 is 59.1 Å². The molecule has 0 spiro atoms. The Balaban J connectivity index is 2.43. The fourth-order valence-corrected chi connectivity index (χ4v) is 4.64. The molecule has 0 fully saturated rings. The van der Waals surface area contributed by atoms with Crippen LogP contribution in [0.1, 0.15) is 20.8 Å². The quantitative estimate of drug-likeness (QED) is 0.485. The third-order valence-electron chi connectivity index (χ3n) is 2.38. The topological polar surface area (TPSA) is 0 Å². The van der Waals surface area contributed by atoms with Crippen LogP contribution in [0.3, 0.4) is 0 Å². The molecule has 2 rings (SSSR count). The van der Waals surface area contributed by atoms with Gasteiger partial charge in [-0.05, 0) is 62.0 Å². The van der Waals surface area contributed by atoms with Crippen molar-refractivity contribution in [3.8, 4) is 0 Å². The highest BCUT2D eigenvalue weighted by atomic mass is 79.9. The first-order chi connectivity index (χ1) is 8.00. The third-order valence-corrected chi connectivity index (χ3v) is 6.71. The Labute approximate surface area is 129 Å². The number of rotatable bonds is 2. The summed E-state index contributed by atoms with van der Waals surface area (Å²) in [6.45, 7) is 2.05. The molecule has 0 saturated heterocycles. The average Bonchev–Trinajstić information content (AvgIpc) is 2.62. The van der Waals surface area contributed by atoms with Crippen LogP contribution in [-0.2, 0) is 0 Å². The van der Waals surface area contributed by atoms with Crippen LogP contribution in [0.4, 0.5) is 4.39 Å². The zero-order chi connectivity index (χ0) is 12.6. The minimum Gasteiger partial charge on any atom is -0.206 e. The number of hydrogen-bond donors (Lipinski definition) is 0. The average molecular weight is 443 g/mol. The van der Waals surface area contributed by atoms with Crippen LogP contribution in [0.2, 0.25) is 0 Å². The lowest BCUT2D eigenvalue weighted by molar-refractivity contribution is 0.619. The van der Waals surface area contributed by atoms with E-state index in [0.717, 1.165) is 14.2 Å². The van der Waals surface area contributed by atoms with Crippen molar-refractivity contribution in [2.75, 3.05) is 0 Å². The zero-order valence-electron chi connectivity index (χ0n) is 8.81. The number of alkyl halides is 1. The Morgan fingerprint density at radius 3 is 2.59 bits per heavy atom. The van der Waals surface area contributed by atoms with Gasteiger partial charge in [-0.3, -0.25) is 0 Å². The normalized spacial score (nSPS) is 12.8. The Hall–Kier alpha value is 0.290. The van der Waals surface area contributed by atoms with Gasteiger partial charge in [-0.15, -0.1) is 11.3 Å². The van der Waals surface area contributed by atoms with Crippen molar-refractivity contribution in [3.05, 3.63) is 54.3 Å². The van der Waals surface area contributed by atoms with E-state index in [1.54, 1.807) is 17.4 Å². The van der Waals surface area contributed by atoms with Crippen molar-refractivity contribution in [2.45, 2.75) is 11.8 Å². The molecule has 90 valence electrons. The molecule has 0 saturated carbocycles. The van der Waals surface area contributed by atoms with E-state index in [9.17, 15) is 4.39 Å². The summed E-state index contributed by atoms with van der Waals surface area (Å²) in [5.41, 5.74) is 2.10. The van der Waals surface area contributed by atoms with E-state index in [4.69, 9.17) is 0 Å². The van der Waals surface area contributed by atoms with Gasteiger partial charge in [0.2, 0.25) is 0 Å². The summed E-state index contributed by atoms with van der Waals surface area (Å²) in [4.78, 5) is 1.16. The summed E-state index contributed by atoms with van der Waals surface area (Å²) in [6, 6.07) is 7.18. The molecule has 0 bridgehead atoms. The minimum absolute atomic E-state index is 0.00238. The third kappa shape index (κ3) is 2.83. The van der Waals surface area contributed by atoms with E-state index in [2.05, 4.69) is 53.9 Å². The van der Waals surface area contributed by atoms with E-state index in [1.165, 1.54) is 11.6 Å². The second kappa shape index (κ2) is 5.51. The lowest BCUT2D eigenvalue weighted by Gasteiger charge is -2.10. The van der Waals surface area contributed by atoms with E-state index >= 15 is 0 Å². The maximum atomic E-state index is 13.5. The number of hydrogen-bond acceptors (Lipinski definition) is 1. The summed E-state index contributed by atoms with van der Waals surface area (Å²) in [5, 5.41) is 0. The molecule has 0 aliphatic rings. The summed E-state index contributed by atoms with van der Waals surface area (Å²) < 4.78 is 15.1. The summed E-state index contributed by atoms with van der Waals surface area (Å²) in [7, 11) is 0. The van der Waals surface area contributed by atoms with Crippen LogP contribution in [0.15, 0.2) is 32.5 Å². The van der Waals surface area contributed by atoms with Gasteiger partial charge < -0.3 is 0 Å². The van der Waals surface area contributed by atoms with Crippen LogP contribution in [0.25, 0.3) is 0 Å². The highest BCUT2D eigenvalue weighted by molar-refractivity contribution is 9.11. The van der Waals surface area contributed by atoms with Gasteiger partial charge in [-0.1, -0.05) is 28.1 Å². The van der Waals surface area contributed by atoms with E-state index in [-0.39, 0.29) is 10.6 Å². The lowest BCUT2D eigenvalue weighted by atomic mass is 10.1. The molecule has 0 aliphatic carbocycles. The maximum Gasteiger partial charge on any atom is 0.137 e. The Bertz CT molecular complexity index is 531. The van der Waals surface area contributed by atoms with Gasteiger partial charge in [0.25, 0.3) is 0 Å². The molecule has 2 aromatic rings. The number of aryl methyl sites for hydroxylation is 1. The molecule has 0 nitrogen and oxygen atoms in total. The second-order valence-electron chi connectivity index (χ2n) is 3.61. The molecule has 0 radical (unpaired) electrons. The summed E-state index contributed by atoms with van der Waals surface area (Å²) >= 11 is 12.1. The predicted molar refractivity (Wildman–Crippen MR) is 81.6 cm³/mol. The highest BCUT2D eigenvalue weighted by Gasteiger charge is 2.18. The Kier molecular flexibility index (Phi) is 4.45. The molecule has 0 N–H and O–H groups in total. The fourth-order valence-electron chi connectivity index (χ4n) is 1.48. The SMILES string of the molecule is Cc1cc(C(Br)c2cccc(F)c2Br)sc1Br. The number of halogens is 4. The molecule has 0 aliphatic heterocycles. The monoisotopic (exact) mass is 440 g/mol. The smallest absolute Gasteiger partial charge is 0.137 e. The van der Waals surface area contributed by atoms with Gasteiger partial charge >= 0.3 is 0 Å². The first-order valence-corrected chi connectivity index (χ1v) is 8.16. The molecule has 1 unspecified atom stereocenters. The standard InChI is InChI=1S/C12H8Br3FS/c1-6-5-9(17-12(6)15)11(14)7-3-2-4-8(16)10(7)13/h2-5,11H,1H3. The Morgan fingerprint density at radius 1 is 1.29 bits per heavy atom. The van der Waals surface area contributed by atoms with Gasteiger partial charge in [-0.25, -0.2) is 4.39 Å². The molecule has 0 amide bonds. The molecule has 1 heterocycles.